The number of nitrogens with two attached hydrogens (primary N) is 1. The Kier molecular flexibility index (Phi) is 5.08. The van der Waals surface area contributed by atoms with Crippen molar-refractivity contribution in [2.75, 3.05) is 13.1 Å². The summed E-state index contributed by atoms with van der Waals surface area (Å²) in [5.41, 5.74) is 6.03. The average Bonchev–Trinajstić information content (AvgIpc) is 2.87. The summed E-state index contributed by atoms with van der Waals surface area (Å²) < 4.78 is 0. The summed E-state index contributed by atoms with van der Waals surface area (Å²) in [6.45, 7) is 2.79. The predicted molar refractivity (Wildman–Crippen MR) is 82.6 cm³/mol. The topological polar surface area (TPSA) is 75.4 Å². The molecule has 2 rings (SSSR count). The van der Waals surface area contributed by atoms with Gasteiger partial charge in [0.15, 0.2) is 0 Å². The van der Waals surface area contributed by atoms with Crippen molar-refractivity contribution in [2.24, 2.45) is 5.73 Å². The van der Waals surface area contributed by atoms with Crippen LogP contribution in [0.5, 0.6) is 0 Å². The molecule has 5 nitrogen and oxygen atoms in total. The summed E-state index contributed by atoms with van der Waals surface area (Å²) in [6, 6.07) is 4.17. The Morgan fingerprint density at radius 1 is 1.43 bits per heavy atom. The number of rotatable bonds is 3. The molecule has 1 aromatic rings. The number of halogens is 2. The SMILES string of the molecule is CC(NC(=O)c1cccc(Cl)c1Cl)C(=O)N1CC[C@@H](N)C1. The van der Waals surface area contributed by atoms with Crippen LogP contribution in [0.2, 0.25) is 10.0 Å². The fourth-order valence-electron chi connectivity index (χ4n) is 2.28. The molecule has 0 saturated carbocycles. The maximum absolute atomic E-state index is 12.2. The molecular formula is C14H17Cl2N3O2. The van der Waals surface area contributed by atoms with Gasteiger partial charge in [0.25, 0.3) is 5.91 Å². The van der Waals surface area contributed by atoms with Crippen molar-refractivity contribution in [2.45, 2.75) is 25.4 Å². The maximum Gasteiger partial charge on any atom is 0.253 e. The monoisotopic (exact) mass is 329 g/mol. The highest BCUT2D eigenvalue weighted by Crippen LogP contribution is 2.25. The number of hydrogen-bond donors (Lipinski definition) is 2. The van der Waals surface area contributed by atoms with E-state index in [1.807, 2.05) is 0 Å². The normalized spacial score (nSPS) is 19.4. The lowest BCUT2D eigenvalue weighted by atomic mass is 10.2. The smallest absolute Gasteiger partial charge is 0.253 e. The Hall–Kier alpha value is -1.30. The molecule has 1 aliphatic heterocycles. The minimum Gasteiger partial charge on any atom is -0.340 e. The second kappa shape index (κ2) is 6.64. The van der Waals surface area contributed by atoms with E-state index >= 15 is 0 Å². The minimum atomic E-state index is -0.641. The van der Waals surface area contributed by atoms with E-state index in [2.05, 4.69) is 5.32 Å². The Bertz CT molecular complexity index is 565. The number of benzene rings is 1. The molecule has 0 bridgehead atoms. The van der Waals surface area contributed by atoms with Gasteiger partial charge in [-0.2, -0.15) is 0 Å². The van der Waals surface area contributed by atoms with Crippen LogP contribution < -0.4 is 11.1 Å². The van der Waals surface area contributed by atoms with E-state index in [0.29, 0.717) is 18.1 Å². The molecule has 0 spiro atoms. The number of amides is 2. The number of carbonyl (C=O) groups is 2. The van der Waals surface area contributed by atoms with Gasteiger partial charge in [-0.15, -0.1) is 0 Å². The van der Waals surface area contributed by atoms with Crippen LogP contribution in [-0.4, -0.2) is 41.9 Å². The Morgan fingerprint density at radius 3 is 2.76 bits per heavy atom. The predicted octanol–water partition coefficient (Wildman–Crippen LogP) is 1.67. The van der Waals surface area contributed by atoms with Crippen molar-refractivity contribution in [3.8, 4) is 0 Å². The first-order valence-corrected chi connectivity index (χ1v) is 7.45. The highest BCUT2D eigenvalue weighted by Gasteiger charge is 2.28. The van der Waals surface area contributed by atoms with Gasteiger partial charge in [-0.1, -0.05) is 29.3 Å². The molecule has 114 valence electrons. The molecule has 21 heavy (non-hydrogen) atoms. The zero-order valence-corrected chi connectivity index (χ0v) is 13.1. The minimum absolute atomic E-state index is 0.0132. The molecule has 1 aliphatic rings. The molecule has 0 aromatic heterocycles. The van der Waals surface area contributed by atoms with E-state index in [1.54, 1.807) is 30.0 Å². The molecule has 2 atom stereocenters. The van der Waals surface area contributed by atoms with Crippen LogP contribution in [0.1, 0.15) is 23.7 Å². The third-order valence-electron chi connectivity index (χ3n) is 3.45. The summed E-state index contributed by atoms with van der Waals surface area (Å²) in [7, 11) is 0. The van der Waals surface area contributed by atoms with E-state index in [-0.39, 0.29) is 22.5 Å². The van der Waals surface area contributed by atoms with Crippen LogP contribution in [0.4, 0.5) is 0 Å². The van der Waals surface area contributed by atoms with Crippen LogP contribution in [-0.2, 0) is 4.79 Å². The van der Waals surface area contributed by atoms with Crippen LogP contribution in [0, 0.1) is 0 Å². The lowest BCUT2D eigenvalue weighted by Gasteiger charge is -2.21. The van der Waals surface area contributed by atoms with Crippen molar-refractivity contribution in [3.05, 3.63) is 33.8 Å². The zero-order chi connectivity index (χ0) is 15.6. The molecule has 1 fully saturated rings. The molecular weight excluding hydrogens is 313 g/mol. The highest BCUT2D eigenvalue weighted by atomic mass is 35.5. The molecule has 1 heterocycles. The van der Waals surface area contributed by atoms with Gasteiger partial charge in [-0.05, 0) is 25.5 Å². The quantitative estimate of drug-likeness (QED) is 0.885. The van der Waals surface area contributed by atoms with Gasteiger partial charge in [0.2, 0.25) is 5.91 Å². The van der Waals surface area contributed by atoms with E-state index < -0.39 is 11.9 Å². The lowest BCUT2D eigenvalue weighted by molar-refractivity contribution is -0.131. The van der Waals surface area contributed by atoms with Crippen molar-refractivity contribution in [3.63, 3.8) is 0 Å². The zero-order valence-electron chi connectivity index (χ0n) is 11.6. The van der Waals surface area contributed by atoms with Gasteiger partial charge in [0.05, 0.1) is 15.6 Å². The molecule has 0 aliphatic carbocycles. The van der Waals surface area contributed by atoms with E-state index in [0.717, 1.165) is 6.42 Å². The first-order valence-electron chi connectivity index (χ1n) is 6.69. The number of nitrogens with one attached hydrogen (secondary N) is 1. The second-order valence-corrected chi connectivity index (χ2v) is 5.91. The summed E-state index contributed by atoms with van der Waals surface area (Å²) in [5, 5.41) is 3.12. The summed E-state index contributed by atoms with van der Waals surface area (Å²) in [6.07, 6.45) is 0.784. The van der Waals surface area contributed by atoms with Crippen LogP contribution >= 0.6 is 23.2 Å². The lowest BCUT2D eigenvalue weighted by Crippen LogP contribution is -2.46. The van der Waals surface area contributed by atoms with Gasteiger partial charge in [0, 0.05) is 19.1 Å². The Labute approximate surface area is 133 Å². The fraction of sp³-hybridized carbons (Fsp3) is 0.429. The molecule has 0 radical (unpaired) electrons. The standard InChI is InChI=1S/C14H17Cl2N3O2/c1-8(14(21)19-6-5-9(17)7-19)18-13(20)10-3-2-4-11(15)12(10)16/h2-4,8-9H,5-7,17H2,1H3,(H,18,20)/t8?,9-/m1/s1. The van der Waals surface area contributed by atoms with E-state index in [1.165, 1.54) is 0 Å². The molecule has 3 N–H and O–H groups in total. The summed E-state index contributed by atoms with van der Waals surface area (Å²) in [5.74, 6) is -0.568. The number of likely N-dealkylation sites (tertiary alicyclic amines) is 1. The first kappa shape index (κ1) is 16.1. The number of nitrogens with zero attached hydrogens (tertiary/aromatic N) is 1. The van der Waals surface area contributed by atoms with Gasteiger partial charge in [0.1, 0.15) is 6.04 Å². The first-order chi connectivity index (χ1) is 9.90. The molecule has 1 saturated heterocycles. The largest absolute Gasteiger partial charge is 0.340 e. The van der Waals surface area contributed by atoms with E-state index in [9.17, 15) is 9.59 Å². The van der Waals surface area contributed by atoms with E-state index in [4.69, 9.17) is 28.9 Å². The van der Waals surface area contributed by atoms with Crippen molar-refractivity contribution in [1.29, 1.82) is 0 Å². The second-order valence-electron chi connectivity index (χ2n) is 5.13. The van der Waals surface area contributed by atoms with Crippen LogP contribution in [0.25, 0.3) is 0 Å². The van der Waals surface area contributed by atoms with Crippen LogP contribution in [0.15, 0.2) is 18.2 Å². The summed E-state index contributed by atoms with van der Waals surface area (Å²) in [4.78, 5) is 26.0. The van der Waals surface area contributed by atoms with Gasteiger partial charge in [-0.25, -0.2) is 0 Å². The van der Waals surface area contributed by atoms with Crippen LogP contribution in [0.3, 0.4) is 0 Å². The maximum atomic E-state index is 12.2. The van der Waals surface area contributed by atoms with Crippen molar-refractivity contribution < 1.29 is 9.59 Å². The van der Waals surface area contributed by atoms with Gasteiger partial charge >= 0.3 is 0 Å². The Balaban J connectivity index is 2.02. The molecule has 2 amide bonds. The average molecular weight is 330 g/mol. The highest BCUT2D eigenvalue weighted by molar-refractivity contribution is 6.43. The third kappa shape index (κ3) is 3.67. The van der Waals surface area contributed by atoms with Gasteiger partial charge < -0.3 is 16.0 Å². The fourth-order valence-corrected chi connectivity index (χ4v) is 2.66. The van der Waals surface area contributed by atoms with Gasteiger partial charge in [-0.3, -0.25) is 9.59 Å². The molecule has 7 heteroatoms. The van der Waals surface area contributed by atoms with Crippen molar-refractivity contribution in [1.82, 2.24) is 10.2 Å². The number of hydrogen-bond acceptors (Lipinski definition) is 3. The van der Waals surface area contributed by atoms with Crippen molar-refractivity contribution >= 4 is 35.0 Å². The third-order valence-corrected chi connectivity index (χ3v) is 4.27. The molecule has 1 unspecified atom stereocenters. The Morgan fingerprint density at radius 2 is 2.14 bits per heavy atom. The molecule has 1 aromatic carbocycles. The summed E-state index contributed by atoms with van der Waals surface area (Å²) >= 11 is 11.9. The number of carbonyl (C=O) groups excluding carboxylic acids is 2.